The zero-order chi connectivity index (χ0) is 26.5. The number of nitrogens with zero attached hydrogens (tertiary/aromatic N) is 4. The smallest absolute Gasteiger partial charge is 0.329 e. The van der Waals surface area contributed by atoms with Crippen LogP contribution in [0, 0.1) is 0 Å². The Morgan fingerprint density at radius 1 is 1.24 bits per heavy atom. The number of hydrogen-bond donors (Lipinski definition) is 3. The molecule has 0 fully saturated rings. The number of aryl methyl sites for hydroxylation is 1. The normalized spacial score (nSPS) is 12.8. The van der Waals surface area contributed by atoms with Crippen LogP contribution in [0.25, 0.3) is 17.2 Å². The van der Waals surface area contributed by atoms with Gasteiger partial charge in [0.05, 0.1) is 17.3 Å². The van der Waals surface area contributed by atoms with Crippen LogP contribution in [0.15, 0.2) is 69.3 Å². The standard InChI is InChI=1S/C25H24Cl2N6O4/c1-15(8-9-16-6-4-3-5-7-16)30-31-24-28-22-21(23(35)29-25(36)32(22)2)33(24)13-18(34)14-37-20-11-10-17(26)12-19(20)27/h3-12,18,34H,13-14H2,1-2H3,(H,28,31)(H,29,35,36). The van der Waals surface area contributed by atoms with E-state index < -0.39 is 17.4 Å². The van der Waals surface area contributed by atoms with Gasteiger partial charge in [0.1, 0.15) is 18.5 Å². The summed E-state index contributed by atoms with van der Waals surface area (Å²) in [6, 6.07) is 14.5. The Morgan fingerprint density at radius 3 is 2.73 bits per heavy atom. The first-order chi connectivity index (χ1) is 17.7. The first kappa shape index (κ1) is 26.2. The maximum Gasteiger partial charge on any atom is 0.329 e. The number of imidazole rings is 1. The fourth-order valence-electron chi connectivity index (χ4n) is 3.50. The Balaban J connectivity index is 1.60. The van der Waals surface area contributed by atoms with Crippen LogP contribution in [0.1, 0.15) is 12.5 Å². The molecule has 4 rings (SSSR count). The molecule has 4 aromatic rings. The van der Waals surface area contributed by atoms with Crippen molar-refractivity contribution in [1.82, 2.24) is 19.1 Å². The molecule has 0 bridgehead atoms. The van der Waals surface area contributed by atoms with Crippen molar-refractivity contribution in [2.24, 2.45) is 12.1 Å². The number of benzene rings is 2. The minimum absolute atomic E-state index is 0.0836. The van der Waals surface area contributed by atoms with Crippen molar-refractivity contribution >= 4 is 52.1 Å². The third kappa shape index (κ3) is 6.29. The zero-order valence-corrected chi connectivity index (χ0v) is 21.5. The number of H-pyrrole nitrogens is 1. The van der Waals surface area contributed by atoms with Crippen LogP contribution < -0.4 is 21.4 Å². The topological polar surface area (TPSA) is 127 Å². The Labute approximate surface area is 221 Å². The number of hydrazone groups is 1. The number of aromatic amines is 1. The number of rotatable bonds is 9. The maximum absolute atomic E-state index is 12.7. The fraction of sp³-hybridized carbons (Fsp3) is 0.200. The molecule has 0 aliphatic carbocycles. The highest BCUT2D eigenvalue weighted by Gasteiger charge is 2.20. The third-order valence-electron chi connectivity index (χ3n) is 5.37. The minimum atomic E-state index is -1.07. The van der Waals surface area contributed by atoms with E-state index in [0.717, 1.165) is 5.56 Å². The van der Waals surface area contributed by atoms with E-state index in [9.17, 15) is 14.7 Å². The lowest BCUT2D eigenvalue weighted by atomic mass is 10.2. The number of nitrogens with one attached hydrogen (secondary N) is 2. The first-order valence-corrected chi connectivity index (χ1v) is 12.0. The number of fused-ring (bicyclic) bond motifs is 1. The number of ether oxygens (including phenoxy) is 1. The Hall–Kier alpha value is -3.86. The van der Waals surface area contributed by atoms with Crippen LogP contribution in [-0.4, -0.2) is 42.6 Å². The van der Waals surface area contributed by atoms with E-state index in [1.54, 1.807) is 19.1 Å². The van der Waals surface area contributed by atoms with E-state index in [2.05, 4.69) is 20.5 Å². The van der Waals surface area contributed by atoms with Gasteiger partial charge in [0.2, 0.25) is 5.95 Å². The quantitative estimate of drug-likeness (QED) is 0.219. The SMILES string of the molecule is CC(C=Cc1ccccc1)=NNc1nc2c(c(=O)[nH]c(=O)n2C)n1CC(O)COc1ccc(Cl)cc1Cl. The molecular formula is C25H24Cl2N6O4. The molecule has 1 unspecified atom stereocenters. The number of aromatic nitrogens is 4. The van der Waals surface area contributed by atoms with E-state index in [-0.39, 0.29) is 30.3 Å². The summed E-state index contributed by atoms with van der Waals surface area (Å²) in [5.74, 6) is 0.516. The van der Waals surface area contributed by atoms with Gasteiger partial charge in [-0.15, -0.1) is 0 Å². The molecule has 2 heterocycles. The van der Waals surface area contributed by atoms with E-state index in [0.29, 0.717) is 21.5 Å². The van der Waals surface area contributed by atoms with Gasteiger partial charge in [0.25, 0.3) is 5.56 Å². The van der Waals surface area contributed by atoms with Crippen molar-refractivity contribution in [2.75, 3.05) is 12.0 Å². The lowest BCUT2D eigenvalue weighted by Gasteiger charge is -2.15. The molecule has 0 radical (unpaired) electrons. The number of halogens is 2. The number of allylic oxidation sites excluding steroid dienone is 1. The van der Waals surface area contributed by atoms with Crippen molar-refractivity contribution in [3.63, 3.8) is 0 Å². The molecule has 0 saturated heterocycles. The summed E-state index contributed by atoms with van der Waals surface area (Å²) in [6.07, 6.45) is 2.65. The van der Waals surface area contributed by atoms with Gasteiger partial charge in [-0.3, -0.25) is 14.3 Å². The molecule has 2 aromatic carbocycles. The van der Waals surface area contributed by atoms with Gasteiger partial charge < -0.3 is 14.4 Å². The monoisotopic (exact) mass is 542 g/mol. The Morgan fingerprint density at radius 2 is 2.00 bits per heavy atom. The van der Waals surface area contributed by atoms with E-state index in [1.165, 1.54) is 22.2 Å². The molecule has 10 nitrogen and oxygen atoms in total. The minimum Gasteiger partial charge on any atom is -0.489 e. The van der Waals surface area contributed by atoms with Crippen molar-refractivity contribution in [3.8, 4) is 5.75 Å². The van der Waals surface area contributed by atoms with Crippen LogP contribution >= 0.6 is 23.2 Å². The average Bonchev–Trinajstić information content (AvgIpc) is 3.23. The van der Waals surface area contributed by atoms with Crippen LogP contribution in [0.5, 0.6) is 5.75 Å². The van der Waals surface area contributed by atoms with Crippen LogP contribution in [-0.2, 0) is 13.6 Å². The number of aliphatic hydroxyl groups is 1. The second-order valence-corrected chi connectivity index (χ2v) is 9.03. The number of anilines is 1. The zero-order valence-electron chi connectivity index (χ0n) is 20.0. The highest BCUT2D eigenvalue weighted by Crippen LogP contribution is 2.27. The van der Waals surface area contributed by atoms with Crippen LogP contribution in [0.2, 0.25) is 10.0 Å². The fourth-order valence-corrected chi connectivity index (χ4v) is 3.96. The van der Waals surface area contributed by atoms with Crippen molar-refractivity contribution in [1.29, 1.82) is 0 Å². The van der Waals surface area contributed by atoms with Crippen molar-refractivity contribution in [2.45, 2.75) is 19.6 Å². The number of aliphatic hydroxyl groups excluding tert-OH is 1. The average molecular weight is 543 g/mol. The summed E-state index contributed by atoms with van der Waals surface area (Å²) in [5, 5.41) is 15.8. The number of hydrogen-bond acceptors (Lipinski definition) is 7. The maximum atomic E-state index is 12.7. The summed E-state index contributed by atoms with van der Waals surface area (Å²) >= 11 is 12.0. The molecule has 0 aliphatic heterocycles. The van der Waals surface area contributed by atoms with Gasteiger partial charge in [0, 0.05) is 12.1 Å². The molecule has 0 saturated carbocycles. The summed E-state index contributed by atoms with van der Waals surface area (Å²) in [5.41, 5.74) is 3.46. The lowest BCUT2D eigenvalue weighted by Crippen LogP contribution is -2.30. The molecular weight excluding hydrogens is 519 g/mol. The predicted molar refractivity (Wildman–Crippen MR) is 146 cm³/mol. The van der Waals surface area contributed by atoms with Gasteiger partial charge >= 0.3 is 5.69 Å². The molecule has 37 heavy (non-hydrogen) atoms. The molecule has 12 heteroatoms. The molecule has 0 spiro atoms. The van der Waals surface area contributed by atoms with Gasteiger partial charge in [-0.1, -0.05) is 59.6 Å². The van der Waals surface area contributed by atoms with Crippen LogP contribution in [0.4, 0.5) is 5.95 Å². The first-order valence-electron chi connectivity index (χ1n) is 11.2. The highest BCUT2D eigenvalue weighted by atomic mass is 35.5. The Bertz CT molecular complexity index is 1590. The Kier molecular flexibility index (Phi) is 8.12. The molecule has 192 valence electrons. The summed E-state index contributed by atoms with van der Waals surface area (Å²) in [7, 11) is 1.49. The second kappa shape index (κ2) is 11.5. The van der Waals surface area contributed by atoms with Gasteiger partial charge in [-0.25, -0.2) is 10.2 Å². The highest BCUT2D eigenvalue weighted by molar-refractivity contribution is 6.35. The lowest BCUT2D eigenvalue weighted by molar-refractivity contribution is 0.0939. The summed E-state index contributed by atoms with van der Waals surface area (Å²) in [4.78, 5) is 31.4. The van der Waals surface area contributed by atoms with E-state index in [1.807, 2.05) is 42.5 Å². The second-order valence-electron chi connectivity index (χ2n) is 8.19. The van der Waals surface area contributed by atoms with Gasteiger partial charge in [-0.2, -0.15) is 10.1 Å². The molecule has 2 aromatic heterocycles. The summed E-state index contributed by atoms with van der Waals surface area (Å²) < 4.78 is 8.28. The van der Waals surface area contributed by atoms with Crippen LogP contribution in [0.3, 0.4) is 0 Å². The van der Waals surface area contributed by atoms with Crippen molar-refractivity contribution in [3.05, 3.63) is 91.1 Å². The van der Waals surface area contributed by atoms with E-state index in [4.69, 9.17) is 27.9 Å². The predicted octanol–water partition coefficient (Wildman–Crippen LogP) is 3.67. The largest absolute Gasteiger partial charge is 0.489 e. The summed E-state index contributed by atoms with van der Waals surface area (Å²) in [6.45, 7) is 1.58. The van der Waals surface area contributed by atoms with E-state index >= 15 is 0 Å². The van der Waals surface area contributed by atoms with Gasteiger partial charge in [-0.05, 0) is 36.8 Å². The molecule has 3 N–H and O–H groups in total. The van der Waals surface area contributed by atoms with Gasteiger partial charge in [0.15, 0.2) is 11.2 Å². The third-order valence-corrected chi connectivity index (χ3v) is 5.90. The van der Waals surface area contributed by atoms with Crippen molar-refractivity contribution < 1.29 is 9.84 Å². The molecule has 1 atom stereocenters. The molecule has 0 aliphatic rings. The molecule has 0 amide bonds.